The van der Waals surface area contributed by atoms with Crippen LogP contribution in [0.3, 0.4) is 0 Å². The molecular formula is C18H18O4. The highest BCUT2D eigenvalue weighted by Gasteiger charge is 2.41. The fraction of sp³-hybridized carbons (Fsp3) is 0.222. The lowest BCUT2D eigenvalue weighted by Crippen LogP contribution is -2.39. The van der Waals surface area contributed by atoms with Crippen LogP contribution in [0.2, 0.25) is 0 Å². The Balaban J connectivity index is 2.33. The summed E-state index contributed by atoms with van der Waals surface area (Å²) in [5, 5.41) is 0. The number of rotatable bonds is 5. The summed E-state index contributed by atoms with van der Waals surface area (Å²) in [6.07, 6.45) is 0. The van der Waals surface area contributed by atoms with Crippen LogP contribution >= 0.6 is 0 Å². The molecule has 114 valence electrons. The molecule has 22 heavy (non-hydrogen) atoms. The van der Waals surface area contributed by atoms with Crippen molar-refractivity contribution in [2.24, 2.45) is 0 Å². The van der Waals surface area contributed by atoms with E-state index in [-0.39, 0.29) is 6.61 Å². The first-order chi connectivity index (χ1) is 10.6. The molecule has 0 aliphatic carbocycles. The largest absolute Gasteiger partial charge is 0.463 e. The molecule has 2 aromatic carbocycles. The lowest BCUT2D eigenvalue weighted by molar-refractivity contribution is -0.165. The van der Waals surface area contributed by atoms with Gasteiger partial charge in [-0.3, -0.25) is 0 Å². The van der Waals surface area contributed by atoms with E-state index in [2.05, 4.69) is 0 Å². The highest BCUT2D eigenvalue weighted by Crippen LogP contribution is 2.28. The van der Waals surface area contributed by atoms with Gasteiger partial charge in [0.05, 0.1) is 12.2 Å². The van der Waals surface area contributed by atoms with Crippen molar-refractivity contribution in [3.63, 3.8) is 0 Å². The molecule has 0 aromatic heterocycles. The first-order valence-corrected chi connectivity index (χ1v) is 7.09. The van der Waals surface area contributed by atoms with Crippen molar-refractivity contribution in [2.75, 3.05) is 6.61 Å². The monoisotopic (exact) mass is 298 g/mol. The maximum Gasteiger partial charge on any atom is 0.355 e. The van der Waals surface area contributed by atoms with E-state index >= 15 is 0 Å². The Morgan fingerprint density at radius 1 is 0.955 bits per heavy atom. The fourth-order valence-electron chi connectivity index (χ4n) is 2.06. The number of carbonyl (C=O) groups is 2. The molecule has 0 bridgehead atoms. The van der Waals surface area contributed by atoms with E-state index in [0.29, 0.717) is 11.1 Å². The van der Waals surface area contributed by atoms with Crippen molar-refractivity contribution >= 4 is 11.9 Å². The summed E-state index contributed by atoms with van der Waals surface area (Å²) in [5.74, 6) is -1.16. The highest BCUT2D eigenvalue weighted by atomic mass is 16.6. The topological polar surface area (TPSA) is 52.6 Å². The third kappa shape index (κ3) is 3.34. The first-order valence-electron chi connectivity index (χ1n) is 7.09. The number of benzene rings is 2. The molecular weight excluding hydrogens is 280 g/mol. The molecule has 4 nitrogen and oxygen atoms in total. The molecule has 0 aliphatic heterocycles. The number of ether oxygens (including phenoxy) is 2. The minimum absolute atomic E-state index is 0.212. The van der Waals surface area contributed by atoms with Crippen LogP contribution in [-0.2, 0) is 19.9 Å². The van der Waals surface area contributed by atoms with Gasteiger partial charge in [-0.15, -0.1) is 0 Å². The highest BCUT2D eigenvalue weighted by molar-refractivity contribution is 5.93. The van der Waals surface area contributed by atoms with E-state index in [1.807, 2.05) is 6.07 Å². The van der Waals surface area contributed by atoms with Gasteiger partial charge in [-0.25, -0.2) is 9.59 Å². The van der Waals surface area contributed by atoms with Gasteiger partial charge in [0.25, 0.3) is 0 Å². The Morgan fingerprint density at radius 2 is 1.50 bits per heavy atom. The Hall–Kier alpha value is -2.62. The second-order valence-electron chi connectivity index (χ2n) is 4.88. The van der Waals surface area contributed by atoms with E-state index in [4.69, 9.17) is 9.47 Å². The van der Waals surface area contributed by atoms with Crippen molar-refractivity contribution < 1.29 is 19.1 Å². The molecule has 2 rings (SSSR count). The van der Waals surface area contributed by atoms with E-state index in [1.54, 1.807) is 68.4 Å². The first kappa shape index (κ1) is 15.8. The van der Waals surface area contributed by atoms with Crippen molar-refractivity contribution in [3.8, 4) is 0 Å². The van der Waals surface area contributed by atoms with E-state index in [1.165, 1.54) is 0 Å². The second-order valence-corrected chi connectivity index (χ2v) is 4.88. The molecule has 0 amide bonds. The molecule has 0 saturated heterocycles. The van der Waals surface area contributed by atoms with Crippen LogP contribution in [0.4, 0.5) is 0 Å². The molecule has 0 radical (unpaired) electrons. The molecule has 0 N–H and O–H groups in total. The Kier molecular flexibility index (Phi) is 4.94. The van der Waals surface area contributed by atoms with Crippen LogP contribution in [0.5, 0.6) is 0 Å². The Morgan fingerprint density at radius 3 is 2.05 bits per heavy atom. The van der Waals surface area contributed by atoms with Crippen molar-refractivity contribution in [3.05, 3.63) is 71.8 Å². The Bertz CT molecular complexity index is 637. The van der Waals surface area contributed by atoms with Gasteiger partial charge < -0.3 is 9.47 Å². The predicted octanol–water partition coefficient (Wildman–Crippen LogP) is 3.32. The third-order valence-corrected chi connectivity index (χ3v) is 3.30. The van der Waals surface area contributed by atoms with Crippen LogP contribution in [0.1, 0.15) is 29.8 Å². The third-order valence-electron chi connectivity index (χ3n) is 3.30. The van der Waals surface area contributed by atoms with Gasteiger partial charge in [-0.1, -0.05) is 48.5 Å². The zero-order valence-corrected chi connectivity index (χ0v) is 12.6. The van der Waals surface area contributed by atoms with Crippen LogP contribution < -0.4 is 0 Å². The predicted molar refractivity (Wildman–Crippen MR) is 82.3 cm³/mol. The summed E-state index contributed by atoms with van der Waals surface area (Å²) in [6, 6.07) is 17.4. The molecule has 0 saturated carbocycles. The van der Waals surface area contributed by atoms with Gasteiger partial charge in [-0.05, 0) is 26.0 Å². The van der Waals surface area contributed by atoms with Gasteiger partial charge in [0.2, 0.25) is 5.60 Å². The average molecular weight is 298 g/mol. The molecule has 0 heterocycles. The van der Waals surface area contributed by atoms with Crippen LogP contribution in [0.15, 0.2) is 60.7 Å². The van der Waals surface area contributed by atoms with Crippen LogP contribution in [0, 0.1) is 0 Å². The average Bonchev–Trinajstić information content (AvgIpc) is 2.56. The van der Waals surface area contributed by atoms with Gasteiger partial charge in [0.15, 0.2) is 0 Å². The lowest BCUT2D eigenvalue weighted by Gasteiger charge is -2.27. The van der Waals surface area contributed by atoms with Crippen LogP contribution in [-0.4, -0.2) is 18.5 Å². The second kappa shape index (κ2) is 6.89. The fourth-order valence-corrected chi connectivity index (χ4v) is 2.06. The minimum atomic E-state index is -1.48. The number of esters is 2. The molecule has 0 spiro atoms. The maximum atomic E-state index is 12.3. The summed E-state index contributed by atoms with van der Waals surface area (Å²) in [7, 11) is 0. The van der Waals surface area contributed by atoms with Gasteiger partial charge in [0.1, 0.15) is 0 Å². The molecule has 4 heteroatoms. The van der Waals surface area contributed by atoms with Crippen molar-refractivity contribution in [2.45, 2.75) is 19.4 Å². The zero-order valence-electron chi connectivity index (χ0n) is 12.6. The lowest BCUT2D eigenvalue weighted by atomic mass is 9.95. The van der Waals surface area contributed by atoms with Crippen molar-refractivity contribution in [1.82, 2.24) is 0 Å². The van der Waals surface area contributed by atoms with Crippen molar-refractivity contribution in [1.29, 1.82) is 0 Å². The molecule has 0 fully saturated rings. The number of carbonyl (C=O) groups excluding carboxylic acids is 2. The molecule has 2 aromatic rings. The quantitative estimate of drug-likeness (QED) is 0.795. The summed E-state index contributed by atoms with van der Waals surface area (Å²) in [4.78, 5) is 24.6. The number of hydrogen-bond acceptors (Lipinski definition) is 4. The minimum Gasteiger partial charge on any atom is -0.463 e. The number of hydrogen-bond donors (Lipinski definition) is 0. The summed E-state index contributed by atoms with van der Waals surface area (Å²) < 4.78 is 10.6. The van der Waals surface area contributed by atoms with Gasteiger partial charge in [-0.2, -0.15) is 0 Å². The molecule has 0 unspecified atom stereocenters. The van der Waals surface area contributed by atoms with Crippen LogP contribution in [0.25, 0.3) is 0 Å². The zero-order chi connectivity index (χ0) is 16.0. The standard InChI is InChI=1S/C18H18O4/c1-3-21-17(20)18(2,15-12-8-5-9-13-15)22-16(19)14-10-6-4-7-11-14/h4-13H,3H2,1-2H3/t18-/m1/s1. The SMILES string of the molecule is CCOC(=O)[C@](C)(OC(=O)c1ccccc1)c1ccccc1. The summed E-state index contributed by atoms with van der Waals surface area (Å²) in [5.41, 5.74) is -0.531. The van der Waals surface area contributed by atoms with E-state index < -0.39 is 17.5 Å². The Labute approximate surface area is 129 Å². The normalized spacial score (nSPS) is 13.0. The smallest absolute Gasteiger partial charge is 0.355 e. The molecule has 0 aliphatic rings. The summed E-state index contributed by atoms with van der Waals surface area (Å²) in [6.45, 7) is 3.47. The maximum absolute atomic E-state index is 12.3. The van der Waals surface area contributed by atoms with E-state index in [0.717, 1.165) is 0 Å². The van der Waals surface area contributed by atoms with Gasteiger partial charge >= 0.3 is 11.9 Å². The molecule has 1 atom stereocenters. The van der Waals surface area contributed by atoms with E-state index in [9.17, 15) is 9.59 Å². The summed E-state index contributed by atoms with van der Waals surface area (Å²) >= 11 is 0. The van der Waals surface area contributed by atoms with Gasteiger partial charge in [0, 0.05) is 5.56 Å².